The summed E-state index contributed by atoms with van der Waals surface area (Å²) in [6, 6.07) is 0. The summed E-state index contributed by atoms with van der Waals surface area (Å²) in [4.78, 5) is 2.17. The summed E-state index contributed by atoms with van der Waals surface area (Å²) in [6.07, 6.45) is 0.426. The SMILES string of the molecule is COC(CN)CN(C)CCOC(C)C. The van der Waals surface area contributed by atoms with Crippen molar-refractivity contribution >= 4 is 0 Å². The van der Waals surface area contributed by atoms with Gasteiger partial charge < -0.3 is 20.1 Å². The zero-order valence-electron chi connectivity index (χ0n) is 9.82. The molecule has 0 rings (SSSR count). The summed E-state index contributed by atoms with van der Waals surface area (Å²) in [5, 5.41) is 0. The van der Waals surface area contributed by atoms with Crippen molar-refractivity contribution in [2.45, 2.75) is 26.1 Å². The summed E-state index contributed by atoms with van der Waals surface area (Å²) >= 11 is 0. The molecule has 1 unspecified atom stereocenters. The molecule has 0 fully saturated rings. The molecular weight excluding hydrogens is 180 g/mol. The number of likely N-dealkylation sites (N-methyl/N-ethyl adjacent to an activating group) is 1. The van der Waals surface area contributed by atoms with Gasteiger partial charge in [0.2, 0.25) is 0 Å². The Morgan fingerprint density at radius 1 is 1.36 bits per heavy atom. The summed E-state index contributed by atoms with van der Waals surface area (Å²) < 4.78 is 10.6. The molecule has 0 heterocycles. The Morgan fingerprint density at radius 3 is 2.43 bits per heavy atom. The molecule has 0 saturated carbocycles. The molecular formula is C10H24N2O2. The summed E-state index contributed by atoms with van der Waals surface area (Å²) in [5.74, 6) is 0. The number of hydrogen-bond donors (Lipinski definition) is 1. The van der Waals surface area contributed by atoms with Crippen LogP contribution in [-0.2, 0) is 9.47 Å². The van der Waals surface area contributed by atoms with Crippen molar-refractivity contribution in [1.29, 1.82) is 0 Å². The molecule has 0 aromatic carbocycles. The van der Waals surface area contributed by atoms with E-state index in [9.17, 15) is 0 Å². The molecule has 0 aromatic heterocycles. The second kappa shape index (κ2) is 8.17. The molecule has 0 spiro atoms. The molecule has 0 bridgehead atoms. The van der Waals surface area contributed by atoms with E-state index in [-0.39, 0.29) is 6.10 Å². The van der Waals surface area contributed by atoms with E-state index in [0.717, 1.165) is 19.7 Å². The fraction of sp³-hybridized carbons (Fsp3) is 1.00. The van der Waals surface area contributed by atoms with Gasteiger partial charge >= 0.3 is 0 Å². The molecule has 86 valence electrons. The van der Waals surface area contributed by atoms with Crippen LogP contribution in [0, 0.1) is 0 Å². The highest BCUT2D eigenvalue weighted by Crippen LogP contribution is 1.93. The van der Waals surface area contributed by atoms with Gasteiger partial charge in [-0.2, -0.15) is 0 Å². The highest BCUT2D eigenvalue weighted by atomic mass is 16.5. The number of ether oxygens (including phenoxy) is 2. The first kappa shape index (κ1) is 13.8. The highest BCUT2D eigenvalue weighted by molar-refractivity contribution is 4.63. The van der Waals surface area contributed by atoms with Crippen molar-refractivity contribution in [2.24, 2.45) is 5.73 Å². The number of rotatable bonds is 8. The van der Waals surface area contributed by atoms with Crippen molar-refractivity contribution in [1.82, 2.24) is 4.90 Å². The summed E-state index contributed by atoms with van der Waals surface area (Å²) in [5.41, 5.74) is 5.53. The van der Waals surface area contributed by atoms with Gasteiger partial charge in [0, 0.05) is 26.7 Å². The van der Waals surface area contributed by atoms with Crippen LogP contribution in [0.1, 0.15) is 13.8 Å². The first-order chi connectivity index (χ1) is 6.60. The Morgan fingerprint density at radius 2 is 2.00 bits per heavy atom. The normalized spacial score (nSPS) is 13.9. The van der Waals surface area contributed by atoms with E-state index >= 15 is 0 Å². The lowest BCUT2D eigenvalue weighted by Crippen LogP contribution is -2.37. The highest BCUT2D eigenvalue weighted by Gasteiger charge is 2.08. The molecule has 0 amide bonds. The molecule has 14 heavy (non-hydrogen) atoms. The Labute approximate surface area is 87.4 Å². The lowest BCUT2D eigenvalue weighted by atomic mass is 10.3. The van der Waals surface area contributed by atoms with Gasteiger partial charge in [0.1, 0.15) is 0 Å². The fourth-order valence-electron chi connectivity index (χ4n) is 1.13. The largest absolute Gasteiger partial charge is 0.379 e. The van der Waals surface area contributed by atoms with Crippen molar-refractivity contribution in [3.05, 3.63) is 0 Å². The van der Waals surface area contributed by atoms with Crippen LogP contribution in [0.2, 0.25) is 0 Å². The van der Waals surface area contributed by atoms with E-state index in [1.165, 1.54) is 0 Å². The Bertz CT molecular complexity index is 127. The third kappa shape index (κ3) is 7.26. The molecule has 0 aliphatic carbocycles. The predicted molar refractivity (Wildman–Crippen MR) is 58.4 cm³/mol. The minimum absolute atomic E-state index is 0.124. The molecule has 0 aliphatic heterocycles. The molecule has 0 radical (unpaired) electrons. The molecule has 0 aliphatic rings. The van der Waals surface area contributed by atoms with Crippen LogP contribution in [0.4, 0.5) is 0 Å². The van der Waals surface area contributed by atoms with Crippen LogP contribution < -0.4 is 5.73 Å². The topological polar surface area (TPSA) is 47.7 Å². The van der Waals surface area contributed by atoms with E-state index in [4.69, 9.17) is 15.2 Å². The van der Waals surface area contributed by atoms with Crippen molar-refractivity contribution in [3.63, 3.8) is 0 Å². The first-order valence-electron chi connectivity index (χ1n) is 5.13. The zero-order valence-corrected chi connectivity index (χ0v) is 9.82. The molecule has 2 N–H and O–H groups in total. The summed E-state index contributed by atoms with van der Waals surface area (Å²) in [6.45, 7) is 7.17. The molecule has 4 heteroatoms. The van der Waals surface area contributed by atoms with E-state index in [1.807, 2.05) is 20.9 Å². The van der Waals surface area contributed by atoms with Crippen LogP contribution in [-0.4, -0.2) is 57.5 Å². The van der Waals surface area contributed by atoms with Gasteiger partial charge in [0.15, 0.2) is 0 Å². The first-order valence-corrected chi connectivity index (χ1v) is 5.13. The van der Waals surface area contributed by atoms with Gasteiger partial charge in [-0.1, -0.05) is 0 Å². The van der Waals surface area contributed by atoms with E-state index in [2.05, 4.69) is 4.90 Å². The number of nitrogens with zero attached hydrogens (tertiary/aromatic N) is 1. The fourth-order valence-corrected chi connectivity index (χ4v) is 1.13. The molecule has 0 aromatic rings. The predicted octanol–water partition coefficient (Wildman–Crippen LogP) is 0.317. The van der Waals surface area contributed by atoms with Crippen LogP contribution >= 0.6 is 0 Å². The number of nitrogens with two attached hydrogens (primary N) is 1. The van der Waals surface area contributed by atoms with Crippen LogP contribution in [0.5, 0.6) is 0 Å². The minimum Gasteiger partial charge on any atom is -0.379 e. The second-order valence-electron chi connectivity index (χ2n) is 3.78. The number of methoxy groups -OCH3 is 1. The zero-order chi connectivity index (χ0) is 11.0. The van der Waals surface area contributed by atoms with Crippen LogP contribution in [0.25, 0.3) is 0 Å². The average molecular weight is 204 g/mol. The van der Waals surface area contributed by atoms with Gasteiger partial charge in [-0.05, 0) is 20.9 Å². The Kier molecular flexibility index (Phi) is 8.08. The van der Waals surface area contributed by atoms with Gasteiger partial charge in [0.25, 0.3) is 0 Å². The monoisotopic (exact) mass is 204 g/mol. The molecule has 4 nitrogen and oxygen atoms in total. The van der Waals surface area contributed by atoms with Crippen LogP contribution in [0.15, 0.2) is 0 Å². The lowest BCUT2D eigenvalue weighted by Gasteiger charge is -2.22. The van der Waals surface area contributed by atoms with Crippen molar-refractivity contribution < 1.29 is 9.47 Å². The molecule has 1 atom stereocenters. The third-order valence-electron chi connectivity index (χ3n) is 2.04. The minimum atomic E-state index is 0.124. The molecule has 0 saturated heterocycles. The quantitative estimate of drug-likeness (QED) is 0.618. The van der Waals surface area contributed by atoms with E-state index < -0.39 is 0 Å². The van der Waals surface area contributed by atoms with Crippen molar-refractivity contribution in [2.75, 3.05) is 40.4 Å². The average Bonchev–Trinajstić information content (AvgIpc) is 2.13. The maximum Gasteiger partial charge on any atom is 0.0820 e. The van der Waals surface area contributed by atoms with E-state index in [0.29, 0.717) is 12.6 Å². The second-order valence-corrected chi connectivity index (χ2v) is 3.78. The van der Waals surface area contributed by atoms with E-state index in [1.54, 1.807) is 7.11 Å². The third-order valence-corrected chi connectivity index (χ3v) is 2.04. The van der Waals surface area contributed by atoms with Crippen LogP contribution in [0.3, 0.4) is 0 Å². The van der Waals surface area contributed by atoms with Crippen molar-refractivity contribution in [3.8, 4) is 0 Å². The number of hydrogen-bond acceptors (Lipinski definition) is 4. The maximum atomic E-state index is 5.53. The van der Waals surface area contributed by atoms with Gasteiger partial charge in [-0.15, -0.1) is 0 Å². The lowest BCUT2D eigenvalue weighted by molar-refractivity contribution is 0.0421. The Hall–Kier alpha value is -0.160. The maximum absolute atomic E-state index is 5.53. The smallest absolute Gasteiger partial charge is 0.0820 e. The van der Waals surface area contributed by atoms with Gasteiger partial charge in [0.05, 0.1) is 18.8 Å². The summed E-state index contributed by atoms with van der Waals surface area (Å²) in [7, 11) is 3.74. The standard InChI is InChI=1S/C10H24N2O2/c1-9(2)14-6-5-12(3)8-10(7-11)13-4/h9-10H,5-8,11H2,1-4H3. The van der Waals surface area contributed by atoms with Gasteiger partial charge in [-0.25, -0.2) is 0 Å². The Balaban J connectivity index is 3.48. The van der Waals surface area contributed by atoms with Gasteiger partial charge in [-0.3, -0.25) is 0 Å².